The molecule has 5 nitrogen and oxygen atoms in total. The summed E-state index contributed by atoms with van der Waals surface area (Å²) < 4.78 is 10.7. The van der Waals surface area contributed by atoms with Crippen LogP contribution in [0.3, 0.4) is 0 Å². The van der Waals surface area contributed by atoms with Crippen molar-refractivity contribution in [1.82, 2.24) is 10.2 Å². The van der Waals surface area contributed by atoms with Crippen molar-refractivity contribution < 1.29 is 14.6 Å². The first-order valence-corrected chi connectivity index (χ1v) is 7.07. The van der Waals surface area contributed by atoms with E-state index in [1.54, 1.807) is 14.2 Å². The van der Waals surface area contributed by atoms with Crippen LogP contribution in [-0.4, -0.2) is 57.0 Å². The van der Waals surface area contributed by atoms with Crippen LogP contribution in [0, 0.1) is 0 Å². The van der Waals surface area contributed by atoms with Crippen molar-refractivity contribution in [3.8, 4) is 11.5 Å². The Morgan fingerprint density at radius 2 is 1.86 bits per heavy atom. The van der Waals surface area contributed by atoms with E-state index in [0.717, 1.165) is 44.1 Å². The highest BCUT2D eigenvalue weighted by atomic mass is 35.5. The van der Waals surface area contributed by atoms with Gasteiger partial charge in [0.1, 0.15) is 0 Å². The summed E-state index contributed by atoms with van der Waals surface area (Å²) in [4.78, 5) is 2.41. The maximum atomic E-state index is 9.36. The van der Waals surface area contributed by atoms with Gasteiger partial charge in [0.2, 0.25) is 0 Å². The van der Waals surface area contributed by atoms with Gasteiger partial charge in [0.05, 0.1) is 14.2 Å². The van der Waals surface area contributed by atoms with Crippen molar-refractivity contribution in [2.75, 3.05) is 47.0 Å². The van der Waals surface area contributed by atoms with Gasteiger partial charge in [-0.3, -0.25) is 4.90 Å². The molecular formula is C15H25ClN2O3. The number of hydrogen-bond acceptors (Lipinski definition) is 5. The highest BCUT2D eigenvalue weighted by Crippen LogP contribution is 2.33. The lowest BCUT2D eigenvalue weighted by atomic mass is 10.0. The molecule has 0 aliphatic carbocycles. The third-order valence-electron chi connectivity index (χ3n) is 3.79. The van der Waals surface area contributed by atoms with Gasteiger partial charge in [0.25, 0.3) is 0 Å². The fraction of sp³-hybridized carbons (Fsp3) is 0.600. The molecule has 1 saturated heterocycles. The minimum Gasteiger partial charge on any atom is -0.493 e. The van der Waals surface area contributed by atoms with Gasteiger partial charge < -0.3 is 19.9 Å². The van der Waals surface area contributed by atoms with E-state index < -0.39 is 0 Å². The van der Waals surface area contributed by atoms with E-state index in [9.17, 15) is 5.11 Å². The van der Waals surface area contributed by atoms with Gasteiger partial charge in [-0.05, 0) is 24.1 Å². The number of piperazine rings is 1. The van der Waals surface area contributed by atoms with E-state index in [1.165, 1.54) is 5.56 Å². The van der Waals surface area contributed by atoms with Gasteiger partial charge in [-0.25, -0.2) is 0 Å². The average molecular weight is 317 g/mol. The van der Waals surface area contributed by atoms with Gasteiger partial charge in [0.15, 0.2) is 11.5 Å². The molecule has 0 spiro atoms. The molecule has 120 valence electrons. The molecule has 0 bridgehead atoms. The Bertz CT molecular complexity index is 425. The number of benzene rings is 1. The Kier molecular flexibility index (Phi) is 7.82. The lowest BCUT2D eigenvalue weighted by Gasteiger charge is -2.35. The minimum atomic E-state index is 0. The number of rotatable bonds is 6. The molecule has 1 aromatic rings. The fourth-order valence-corrected chi connectivity index (χ4v) is 2.74. The average Bonchev–Trinajstić information content (AvgIpc) is 2.52. The Hall–Kier alpha value is -1.01. The zero-order valence-electron chi connectivity index (χ0n) is 12.7. The molecule has 1 aliphatic heterocycles. The number of nitrogens with one attached hydrogen (secondary N) is 1. The number of ether oxygens (including phenoxy) is 2. The number of aliphatic hydroxyl groups excluding tert-OH is 1. The molecule has 0 unspecified atom stereocenters. The standard InChI is InChI=1S/C15H24N2O3.ClH/c1-19-14-4-3-12(11-15(14)20-2)13(5-10-18)17-8-6-16-7-9-17;/h3-4,11,13,16,18H,5-10H2,1-2H3;1H/t13-;/m0./s1. The molecule has 21 heavy (non-hydrogen) atoms. The maximum Gasteiger partial charge on any atom is 0.161 e. The number of aliphatic hydroxyl groups is 1. The second-order valence-corrected chi connectivity index (χ2v) is 4.93. The summed E-state index contributed by atoms with van der Waals surface area (Å²) in [5, 5.41) is 12.7. The molecule has 2 N–H and O–H groups in total. The summed E-state index contributed by atoms with van der Waals surface area (Å²) in [5.74, 6) is 1.47. The predicted molar refractivity (Wildman–Crippen MR) is 85.7 cm³/mol. The quantitative estimate of drug-likeness (QED) is 0.832. The summed E-state index contributed by atoms with van der Waals surface area (Å²) in [5.41, 5.74) is 1.17. The Morgan fingerprint density at radius 1 is 1.19 bits per heavy atom. The van der Waals surface area contributed by atoms with Gasteiger partial charge >= 0.3 is 0 Å². The smallest absolute Gasteiger partial charge is 0.161 e. The second-order valence-electron chi connectivity index (χ2n) is 4.93. The normalized spacial score (nSPS) is 16.9. The molecular weight excluding hydrogens is 292 g/mol. The van der Waals surface area contributed by atoms with Gasteiger partial charge in [-0.15, -0.1) is 12.4 Å². The van der Waals surface area contributed by atoms with Crippen LogP contribution in [0.1, 0.15) is 18.0 Å². The summed E-state index contributed by atoms with van der Waals surface area (Å²) in [6, 6.07) is 6.23. The molecule has 0 aromatic heterocycles. The number of halogens is 1. The fourth-order valence-electron chi connectivity index (χ4n) is 2.74. The molecule has 2 rings (SSSR count). The highest BCUT2D eigenvalue weighted by molar-refractivity contribution is 5.85. The molecule has 1 aliphatic rings. The van der Waals surface area contributed by atoms with Gasteiger partial charge in [-0.1, -0.05) is 6.07 Å². The van der Waals surface area contributed by atoms with Crippen molar-refractivity contribution in [3.05, 3.63) is 23.8 Å². The molecule has 1 fully saturated rings. The van der Waals surface area contributed by atoms with Crippen LogP contribution >= 0.6 is 12.4 Å². The van der Waals surface area contributed by atoms with Gasteiger partial charge in [-0.2, -0.15) is 0 Å². The first-order chi connectivity index (χ1) is 9.80. The molecule has 1 atom stereocenters. The Morgan fingerprint density at radius 3 is 2.43 bits per heavy atom. The van der Waals surface area contributed by atoms with E-state index >= 15 is 0 Å². The number of methoxy groups -OCH3 is 2. The van der Waals surface area contributed by atoms with Crippen LogP contribution < -0.4 is 14.8 Å². The summed E-state index contributed by atoms with van der Waals surface area (Å²) >= 11 is 0. The van der Waals surface area contributed by atoms with E-state index in [0.29, 0.717) is 0 Å². The maximum absolute atomic E-state index is 9.36. The largest absolute Gasteiger partial charge is 0.493 e. The first kappa shape index (κ1) is 18.0. The van der Waals surface area contributed by atoms with Crippen molar-refractivity contribution in [3.63, 3.8) is 0 Å². The summed E-state index contributed by atoms with van der Waals surface area (Å²) in [6.07, 6.45) is 0.732. The van der Waals surface area contributed by atoms with Crippen LogP contribution in [0.2, 0.25) is 0 Å². The topological polar surface area (TPSA) is 54.0 Å². The monoisotopic (exact) mass is 316 g/mol. The summed E-state index contributed by atoms with van der Waals surface area (Å²) in [7, 11) is 3.28. The molecule has 1 heterocycles. The third kappa shape index (κ3) is 4.48. The minimum absolute atomic E-state index is 0. The molecule has 0 saturated carbocycles. The number of nitrogens with zero attached hydrogens (tertiary/aromatic N) is 1. The van der Waals surface area contributed by atoms with Crippen LogP contribution in [0.5, 0.6) is 11.5 Å². The molecule has 1 aromatic carbocycles. The molecule has 0 amide bonds. The molecule has 0 radical (unpaired) electrons. The lowest BCUT2D eigenvalue weighted by Crippen LogP contribution is -2.45. The first-order valence-electron chi connectivity index (χ1n) is 7.07. The van der Waals surface area contributed by atoms with Crippen molar-refractivity contribution in [2.24, 2.45) is 0 Å². The van der Waals surface area contributed by atoms with Gasteiger partial charge in [0, 0.05) is 38.8 Å². The van der Waals surface area contributed by atoms with E-state index in [-0.39, 0.29) is 25.1 Å². The third-order valence-corrected chi connectivity index (χ3v) is 3.79. The van der Waals surface area contributed by atoms with Crippen molar-refractivity contribution >= 4 is 12.4 Å². The van der Waals surface area contributed by atoms with E-state index in [2.05, 4.69) is 16.3 Å². The molecule has 6 heteroatoms. The zero-order chi connectivity index (χ0) is 14.4. The van der Waals surface area contributed by atoms with E-state index in [1.807, 2.05) is 12.1 Å². The number of hydrogen-bond donors (Lipinski definition) is 2. The predicted octanol–water partition coefficient (Wildman–Crippen LogP) is 1.45. The van der Waals surface area contributed by atoms with Crippen molar-refractivity contribution in [1.29, 1.82) is 0 Å². The van der Waals surface area contributed by atoms with Crippen molar-refractivity contribution in [2.45, 2.75) is 12.5 Å². The lowest BCUT2D eigenvalue weighted by molar-refractivity contribution is 0.141. The van der Waals surface area contributed by atoms with Crippen LogP contribution in [0.15, 0.2) is 18.2 Å². The zero-order valence-corrected chi connectivity index (χ0v) is 13.5. The van der Waals surface area contributed by atoms with E-state index in [4.69, 9.17) is 9.47 Å². The SMILES string of the molecule is COc1ccc([C@H](CCO)N2CCNCC2)cc1OC.Cl. The Balaban J connectivity index is 0.00000220. The second kappa shape index (κ2) is 9.10. The van der Waals surface area contributed by atoms with Crippen LogP contribution in [0.4, 0.5) is 0 Å². The summed E-state index contributed by atoms with van der Waals surface area (Å²) in [6.45, 7) is 4.17. The van der Waals surface area contributed by atoms with Crippen LogP contribution in [0.25, 0.3) is 0 Å². The highest BCUT2D eigenvalue weighted by Gasteiger charge is 2.22. The Labute approximate surface area is 132 Å². The van der Waals surface area contributed by atoms with Crippen LogP contribution in [-0.2, 0) is 0 Å².